The molecule has 90 valence electrons. The molecule has 1 aromatic rings. The SMILES string of the molecule is CCNC(=S)NC[C@@H](c1ccco1)[NH+](C)C. The summed E-state index contributed by atoms with van der Waals surface area (Å²) in [6.45, 7) is 3.63. The standard InChI is InChI=1S/C11H19N3OS/c1-4-12-11(16)13-8-9(14(2)3)10-6-5-7-15-10/h5-7,9H,4,8H2,1-3H3,(H2,12,13,16)/p+1/t9-/m0/s1. The molecule has 0 saturated carbocycles. The van der Waals surface area contributed by atoms with E-state index in [9.17, 15) is 0 Å². The fourth-order valence-corrected chi connectivity index (χ4v) is 1.72. The molecule has 0 saturated heterocycles. The summed E-state index contributed by atoms with van der Waals surface area (Å²) in [7, 11) is 4.20. The number of nitrogens with one attached hydrogen (secondary N) is 3. The Hall–Kier alpha value is -1.07. The van der Waals surface area contributed by atoms with Crippen LogP contribution in [0.3, 0.4) is 0 Å². The summed E-state index contributed by atoms with van der Waals surface area (Å²) in [5.74, 6) is 0.979. The maximum absolute atomic E-state index is 5.42. The van der Waals surface area contributed by atoms with Crippen molar-refractivity contribution in [1.29, 1.82) is 0 Å². The number of furan rings is 1. The summed E-state index contributed by atoms with van der Waals surface area (Å²) in [5.41, 5.74) is 0. The Morgan fingerprint density at radius 3 is 2.75 bits per heavy atom. The molecule has 4 nitrogen and oxygen atoms in total. The van der Waals surface area contributed by atoms with Gasteiger partial charge in [-0.25, -0.2) is 0 Å². The van der Waals surface area contributed by atoms with Crippen molar-refractivity contribution >= 4 is 17.3 Å². The van der Waals surface area contributed by atoms with E-state index in [-0.39, 0.29) is 6.04 Å². The summed E-state index contributed by atoms with van der Waals surface area (Å²) < 4.78 is 5.42. The molecule has 1 heterocycles. The highest BCUT2D eigenvalue weighted by atomic mass is 32.1. The van der Waals surface area contributed by atoms with Crippen molar-refractivity contribution in [1.82, 2.24) is 10.6 Å². The Balaban J connectivity index is 2.50. The van der Waals surface area contributed by atoms with Crippen LogP contribution in [0.15, 0.2) is 22.8 Å². The minimum atomic E-state index is 0.270. The van der Waals surface area contributed by atoms with Gasteiger partial charge in [-0.3, -0.25) is 0 Å². The molecule has 0 aliphatic carbocycles. The quantitative estimate of drug-likeness (QED) is 0.633. The van der Waals surface area contributed by atoms with Gasteiger partial charge in [0.15, 0.2) is 16.9 Å². The molecule has 1 aromatic heterocycles. The Kier molecular flexibility index (Phi) is 5.28. The molecule has 0 fully saturated rings. The average molecular weight is 242 g/mol. The van der Waals surface area contributed by atoms with Crippen LogP contribution in [-0.4, -0.2) is 32.3 Å². The summed E-state index contributed by atoms with van der Waals surface area (Å²) in [4.78, 5) is 1.31. The molecule has 3 N–H and O–H groups in total. The number of likely N-dealkylation sites (N-methyl/N-ethyl adjacent to an activating group) is 1. The second-order valence-electron chi connectivity index (χ2n) is 3.89. The van der Waals surface area contributed by atoms with Crippen LogP contribution in [0.2, 0.25) is 0 Å². The second kappa shape index (κ2) is 6.50. The van der Waals surface area contributed by atoms with Crippen LogP contribution in [-0.2, 0) is 0 Å². The van der Waals surface area contributed by atoms with E-state index in [4.69, 9.17) is 16.6 Å². The first-order valence-corrected chi connectivity index (χ1v) is 5.91. The van der Waals surface area contributed by atoms with Crippen molar-refractivity contribution in [3.63, 3.8) is 0 Å². The largest absolute Gasteiger partial charge is 0.463 e. The number of hydrogen-bond acceptors (Lipinski definition) is 2. The highest BCUT2D eigenvalue weighted by Crippen LogP contribution is 2.08. The van der Waals surface area contributed by atoms with Gasteiger partial charge in [-0.2, -0.15) is 0 Å². The molecule has 5 heteroatoms. The summed E-state index contributed by atoms with van der Waals surface area (Å²) in [6, 6.07) is 4.18. The smallest absolute Gasteiger partial charge is 0.166 e. The average Bonchev–Trinajstić information content (AvgIpc) is 2.71. The molecule has 0 radical (unpaired) electrons. The fraction of sp³-hybridized carbons (Fsp3) is 0.545. The van der Waals surface area contributed by atoms with Gasteiger partial charge >= 0.3 is 0 Å². The van der Waals surface area contributed by atoms with Crippen molar-refractivity contribution in [3.05, 3.63) is 24.2 Å². The highest BCUT2D eigenvalue weighted by Gasteiger charge is 2.20. The van der Waals surface area contributed by atoms with E-state index < -0.39 is 0 Å². The molecule has 0 aromatic carbocycles. The van der Waals surface area contributed by atoms with E-state index in [1.165, 1.54) is 4.90 Å². The zero-order valence-electron chi connectivity index (χ0n) is 10.0. The number of quaternary nitrogens is 1. The lowest BCUT2D eigenvalue weighted by molar-refractivity contribution is -0.891. The molecule has 1 rings (SSSR count). The summed E-state index contributed by atoms with van der Waals surface area (Å²) in [6.07, 6.45) is 1.70. The molecular formula is C11H20N3OS+. The van der Waals surface area contributed by atoms with Gasteiger partial charge in [0.05, 0.1) is 26.9 Å². The van der Waals surface area contributed by atoms with Gasteiger partial charge in [0.25, 0.3) is 0 Å². The third-order valence-corrected chi connectivity index (χ3v) is 2.68. The van der Waals surface area contributed by atoms with E-state index in [1.54, 1.807) is 6.26 Å². The van der Waals surface area contributed by atoms with E-state index in [1.807, 2.05) is 19.1 Å². The van der Waals surface area contributed by atoms with Gasteiger partial charge in [-0.15, -0.1) is 0 Å². The molecule has 0 bridgehead atoms. The minimum Gasteiger partial charge on any atom is -0.463 e. The second-order valence-corrected chi connectivity index (χ2v) is 4.29. The van der Waals surface area contributed by atoms with Crippen molar-refractivity contribution in [2.45, 2.75) is 13.0 Å². The maximum Gasteiger partial charge on any atom is 0.166 e. The van der Waals surface area contributed by atoms with Gasteiger partial charge in [-0.05, 0) is 31.3 Å². The predicted octanol–water partition coefficient (Wildman–Crippen LogP) is -0.0508. The first kappa shape index (κ1) is 13.0. The molecule has 16 heavy (non-hydrogen) atoms. The van der Waals surface area contributed by atoms with E-state index in [2.05, 4.69) is 24.7 Å². The predicted molar refractivity (Wildman–Crippen MR) is 68.5 cm³/mol. The summed E-state index contributed by atoms with van der Waals surface area (Å²) in [5, 5.41) is 6.95. The van der Waals surface area contributed by atoms with Gasteiger partial charge in [-0.1, -0.05) is 0 Å². The number of hydrogen-bond donors (Lipinski definition) is 3. The third kappa shape index (κ3) is 3.83. The normalized spacial score (nSPS) is 12.5. The lowest BCUT2D eigenvalue weighted by Crippen LogP contribution is -3.07. The molecule has 0 unspecified atom stereocenters. The lowest BCUT2D eigenvalue weighted by atomic mass is 10.2. The highest BCUT2D eigenvalue weighted by molar-refractivity contribution is 7.80. The number of rotatable bonds is 5. The summed E-state index contributed by atoms with van der Waals surface area (Å²) >= 11 is 5.13. The topological polar surface area (TPSA) is 41.6 Å². The van der Waals surface area contributed by atoms with E-state index >= 15 is 0 Å². The van der Waals surface area contributed by atoms with Crippen LogP contribution in [0.5, 0.6) is 0 Å². The molecule has 1 atom stereocenters. The van der Waals surface area contributed by atoms with Gasteiger partial charge in [0.1, 0.15) is 0 Å². The Morgan fingerprint density at radius 1 is 1.50 bits per heavy atom. The molecule has 0 aliphatic rings. The Morgan fingerprint density at radius 2 is 2.25 bits per heavy atom. The molecule has 0 aliphatic heterocycles. The minimum absolute atomic E-state index is 0.270. The zero-order chi connectivity index (χ0) is 12.0. The Bertz CT molecular complexity index is 311. The van der Waals surface area contributed by atoms with Crippen LogP contribution in [0, 0.1) is 0 Å². The van der Waals surface area contributed by atoms with E-state index in [0.717, 1.165) is 18.8 Å². The first-order chi connectivity index (χ1) is 7.65. The lowest BCUT2D eigenvalue weighted by Gasteiger charge is -2.20. The van der Waals surface area contributed by atoms with Crippen molar-refractivity contribution in [2.24, 2.45) is 0 Å². The number of thiocarbonyl (C=S) groups is 1. The first-order valence-electron chi connectivity index (χ1n) is 5.50. The van der Waals surface area contributed by atoms with Gasteiger partial charge in [0.2, 0.25) is 0 Å². The molecule has 0 spiro atoms. The van der Waals surface area contributed by atoms with Crippen molar-refractivity contribution in [3.8, 4) is 0 Å². The van der Waals surface area contributed by atoms with Crippen molar-refractivity contribution < 1.29 is 9.32 Å². The van der Waals surface area contributed by atoms with Crippen LogP contribution in [0.1, 0.15) is 18.7 Å². The van der Waals surface area contributed by atoms with Crippen LogP contribution in [0.4, 0.5) is 0 Å². The van der Waals surface area contributed by atoms with Crippen molar-refractivity contribution in [2.75, 3.05) is 27.2 Å². The van der Waals surface area contributed by atoms with Crippen LogP contribution in [0.25, 0.3) is 0 Å². The van der Waals surface area contributed by atoms with Gasteiger partial charge < -0.3 is 20.0 Å². The van der Waals surface area contributed by atoms with Crippen LogP contribution < -0.4 is 15.5 Å². The molecular weight excluding hydrogens is 222 g/mol. The Labute approximate surface area is 102 Å². The fourth-order valence-electron chi connectivity index (χ4n) is 1.50. The maximum atomic E-state index is 5.42. The van der Waals surface area contributed by atoms with Crippen LogP contribution >= 0.6 is 12.2 Å². The van der Waals surface area contributed by atoms with E-state index in [0.29, 0.717) is 5.11 Å². The third-order valence-electron chi connectivity index (χ3n) is 2.39. The molecule has 0 amide bonds. The zero-order valence-corrected chi connectivity index (χ0v) is 10.9. The van der Waals surface area contributed by atoms with Gasteiger partial charge in [0, 0.05) is 6.54 Å². The monoisotopic (exact) mass is 242 g/mol.